The zero-order valence-electron chi connectivity index (χ0n) is 27.7. The lowest BCUT2D eigenvalue weighted by Gasteiger charge is -2.29. The summed E-state index contributed by atoms with van der Waals surface area (Å²) in [7, 11) is 0. The normalized spacial score (nSPS) is 16.5. The summed E-state index contributed by atoms with van der Waals surface area (Å²) in [6, 6.07) is 55.0. The molecule has 0 fully saturated rings. The fraction of sp³-hybridized carbons (Fsp3) is 0.0444. The van der Waals surface area contributed by atoms with Crippen molar-refractivity contribution < 1.29 is 0 Å². The van der Waals surface area contributed by atoms with E-state index in [9.17, 15) is 0 Å². The number of rotatable bonds is 6. The Morgan fingerprint density at radius 3 is 1.43 bits per heavy atom. The standard InChI is InChI=1S/C45H32N6/c1-4-16-34(17-5-1)49-40-25-13-10-22-37(40)46-43(49)31-28-32(44-47-38-23-11-14-26-41(38)50(44)35-18-6-2-7-19-35)30-33(29-31)45-48-39-24-12-15-27-42(39)51(45)36-20-8-3-9-21-36/h1-30,37,40H/t37?,40-/m1/s1. The molecule has 1 aliphatic heterocycles. The molecule has 6 aromatic carbocycles. The maximum atomic E-state index is 5.40. The van der Waals surface area contributed by atoms with E-state index in [-0.39, 0.29) is 12.1 Å². The summed E-state index contributed by atoms with van der Waals surface area (Å²) < 4.78 is 4.52. The SMILES string of the molecule is C1=CC2N=C(c3cc(-c4nc5ccccc5n4-c4ccccc4)cc(-c4nc5ccccc5n4-c4ccccc4)c3)N(c3ccccc3)[C@@H]2C=C1. The minimum Gasteiger partial charge on any atom is -0.317 e. The van der Waals surface area contributed by atoms with Crippen LogP contribution in [0, 0.1) is 0 Å². The van der Waals surface area contributed by atoms with Crippen molar-refractivity contribution in [2.24, 2.45) is 4.99 Å². The molecule has 51 heavy (non-hydrogen) atoms. The molecule has 0 amide bonds. The van der Waals surface area contributed by atoms with Crippen molar-refractivity contribution in [3.63, 3.8) is 0 Å². The summed E-state index contributed by atoms with van der Waals surface area (Å²) in [5, 5.41) is 0. The van der Waals surface area contributed by atoms with Crippen molar-refractivity contribution in [3.8, 4) is 34.2 Å². The molecule has 0 saturated heterocycles. The first kappa shape index (κ1) is 29.2. The van der Waals surface area contributed by atoms with Crippen molar-refractivity contribution in [1.29, 1.82) is 0 Å². The van der Waals surface area contributed by atoms with E-state index in [1.165, 1.54) is 0 Å². The van der Waals surface area contributed by atoms with Crippen molar-refractivity contribution in [3.05, 3.63) is 188 Å². The zero-order valence-corrected chi connectivity index (χ0v) is 27.7. The topological polar surface area (TPSA) is 51.2 Å². The van der Waals surface area contributed by atoms with Gasteiger partial charge in [0.15, 0.2) is 0 Å². The molecule has 2 atom stereocenters. The van der Waals surface area contributed by atoms with E-state index in [4.69, 9.17) is 15.0 Å². The van der Waals surface area contributed by atoms with E-state index < -0.39 is 0 Å². The van der Waals surface area contributed by atoms with Crippen LogP contribution in [0.15, 0.2) is 187 Å². The van der Waals surface area contributed by atoms with E-state index in [0.717, 1.165) is 73.3 Å². The molecule has 0 spiro atoms. The summed E-state index contributed by atoms with van der Waals surface area (Å²) in [6.07, 6.45) is 8.68. The van der Waals surface area contributed by atoms with E-state index in [1.54, 1.807) is 0 Å². The highest BCUT2D eigenvalue weighted by molar-refractivity contribution is 6.13. The number of nitrogens with zero attached hydrogens (tertiary/aromatic N) is 6. The Morgan fingerprint density at radius 2 is 0.882 bits per heavy atom. The number of allylic oxidation sites excluding steroid dienone is 2. The Hall–Kier alpha value is -6.79. The molecule has 6 nitrogen and oxygen atoms in total. The first-order valence-corrected chi connectivity index (χ1v) is 17.3. The molecular formula is C45H32N6. The van der Waals surface area contributed by atoms with Gasteiger partial charge in [-0.05, 0) is 78.9 Å². The molecule has 0 radical (unpaired) electrons. The molecule has 8 aromatic rings. The van der Waals surface area contributed by atoms with Gasteiger partial charge in [0.2, 0.25) is 0 Å². The van der Waals surface area contributed by atoms with Crippen LogP contribution in [0.25, 0.3) is 56.2 Å². The molecular weight excluding hydrogens is 625 g/mol. The molecule has 1 unspecified atom stereocenters. The van der Waals surface area contributed by atoms with Gasteiger partial charge in [-0.1, -0.05) is 103 Å². The number of hydrogen-bond acceptors (Lipinski definition) is 4. The van der Waals surface area contributed by atoms with Crippen LogP contribution >= 0.6 is 0 Å². The lowest BCUT2D eigenvalue weighted by atomic mass is 10.0. The Bertz CT molecular complexity index is 2510. The Morgan fingerprint density at radius 1 is 0.431 bits per heavy atom. The van der Waals surface area contributed by atoms with Gasteiger partial charge in [-0.2, -0.15) is 0 Å². The fourth-order valence-corrected chi connectivity index (χ4v) is 7.51. The van der Waals surface area contributed by atoms with Crippen LogP contribution in [0.4, 0.5) is 5.69 Å². The summed E-state index contributed by atoms with van der Waals surface area (Å²) in [5.74, 6) is 2.63. The average Bonchev–Trinajstić information content (AvgIpc) is 3.91. The third kappa shape index (κ3) is 4.91. The van der Waals surface area contributed by atoms with Crippen LogP contribution < -0.4 is 4.90 Å². The van der Waals surface area contributed by atoms with Crippen LogP contribution in [-0.4, -0.2) is 37.0 Å². The average molecular weight is 657 g/mol. The summed E-state index contributed by atoms with van der Waals surface area (Å²) in [5.41, 5.74) is 10.1. The number of fused-ring (bicyclic) bond motifs is 3. The highest BCUT2D eigenvalue weighted by Gasteiger charge is 2.36. The largest absolute Gasteiger partial charge is 0.317 e. The van der Waals surface area contributed by atoms with Crippen LogP contribution in [-0.2, 0) is 0 Å². The minimum absolute atomic E-state index is 0.0000911. The molecule has 6 heteroatoms. The van der Waals surface area contributed by atoms with E-state index in [1.807, 2.05) is 24.3 Å². The van der Waals surface area contributed by atoms with Gasteiger partial charge in [0.25, 0.3) is 0 Å². The fourth-order valence-electron chi connectivity index (χ4n) is 7.51. The number of hydrogen-bond donors (Lipinski definition) is 0. The third-order valence-electron chi connectivity index (χ3n) is 9.77. The predicted molar refractivity (Wildman–Crippen MR) is 208 cm³/mol. The van der Waals surface area contributed by atoms with Gasteiger partial charge in [-0.15, -0.1) is 0 Å². The number of para-hydroxylation sites is 7. The van der Waals surface area contributed by atoms with E-state index in [0.29, 0.717) is 0 Å². The first-order valence-electron chi connectivity index (χ1n) is 17.3. The number of amidine groups is 1. The van der Waals surface area contributed by atoms with E-state index >= 15 is 0 Å². The highest BCUT2D eigenvalue weighted by atomic mass is 15.3. The number of aliphatic imine (C=N–C) groups is 1. The van der Waals surface area contributed by atoms with Crippen molar-refractivity contribution >= 4 is 33.6 Å². The minimum atomic E-state index is 0.0000911. The Balaban J connectivity index is 1.27. The second-order valence-electron chi connectivity index (χ2n) is 12.9. The lowest BCUT2D eigenvalue weighted by molar-refractivity contribution is 0.739. The van der Waals surface area contributed by atoms with Gasteiger partial charge >= 0.3 is 0 Å². The van der Waals surface area contributed by atoms with Crippen molar-refractivity contribution in [1.82, 2.24) is 19.1 Å². The second kappa shape index (κ2) is 12.0. The lowest BCUT2D eigenvalue weighted by Crippen LogP contribution is -2.39. The molecule has 0 bridgehead atoms. The summed E-state index contributed by atoms with van der Waals surface area (Å²) in [6.45, 7) is 0. The van der Waals surface area contributed by atoms with Crippen LogP contribution in [0.2, 0.25) is 0 Å². The van der Waals surface area contributed by atoms with E-state index in [2.05, 4.69) is 172 Å². The highest BCUT2D eigenvalue weighted by Crippen LogP contribution is 2.38. The summed E-state index contributed by atoms with van der Waals surface area (Å²) >= 11 is 0. The predicted octanol–water partition coefficient (Wildman–Crippen LogP) is 9.83. The molecule has 0 N–H and O–H groups in total. The summed E-state index contributed by atoms with van der Waals surface area (Å²) in [4.78, 5) is 18.4. The number of aromatic nitrogens is 4. The number of imidazole rings is 2. The van der Waals surface area contributed by atoms with Crippen molar-refractivity contribution in [2.75, 3.05) is 4.90 Å². The van der Waals surface area contributed by atoms with Gasteiger partial charge in [0.1, 0.15) is 17.5 Å². The molecule has 2 aliphatic rings. The number of anilines is 1. The maximum absolute atomic E-state index is 5.40. The molecule has 242 valence electrons. The first-order chi connectivity index (χ1) is 25.3. The quantitative estimate of drug-likeness (QED) is 0.179. The monoisotopic (exact) mass is 656 g/mol. The Kier molecular flexibility index (Phi) is 6.84. The molecule has 3 heterocycles. The molecule has 2 aromatic heterocycles. The zero-order chi connectivity index (χ0) is 33.7. The van der Waals surface area contributed by atoms with Gasteiger partial charge in [0.05, 0.1) is 34.2 Å². The van der Waals surface area contributed by atoms with Crippen molar-refractivity contribution in [2.45, 2.75) is 12.1 Å². The maximum Gasteiger partial charge on any atom is 0.145 e. The molecule has 1 aliphatic carbocycles. The van der Waals surface area contributed by atoms with Gasteiger partial charge < -0.3 is 4.90 Å². The van der Waals surface area contributed by atoms with Gasteiger partial charge in [0, 0.05) is 33.8 Å². The van der Waals surface area contributed by atoms with Gasteiger partial charge in [-0.25, -0.2) is 9.97 Å². The molecule has 10 rings (SSSR count). The molecule has 0 saturated carbocycles. The van der Waals surface area contributed by atoms with Crippen LogP contribution in [0.3, 0.4) is 0 Å². The number of benzene rings is 6. The Labute approximate surface area is 295 Å². The smallest absolute Gasteiger partial charge is 0.145 e. The van der Waals surface area contributed by atoms with Crippen LogP contribution in [0.5, 0.6) is 0 Å². The van der Waals surface area contributed by atoms with Crippen LogP contribution in [0.1, 0.15) is 5.56 Å². The van der Waals surface area contributed by atoms with Gasteiger partial charge in [-0.3, -0.25) is 14.1 Å². The second-order valence-corrected chi connectivity index (χ2v) is 12.9. The third-order valence-corrected chi connectivity index (χ3v) is 9.77.